The Balaban J connectivity index is 1.50. The van der Waals surface area contributed by atoms with Crippen molar-refractivity contribution in [1.29, 1.82) is 0 Å². The quantitative estimate of drug-likeness (QED) is 0.615. The van der Waals surface area contributed by atoms with Crippen molar-refractivity contribution in [2.24, 2.45) is 11.0 Å². The number of rotatable bonds is 5. The van der Waals surface area contributed by atoms with Gasteiger partial charge in [0.25, 0.3) is 5.91 Å². The molecule has 1 aliphatic rings. The summed E-state index contributed by atoms with van der Waals surface area (Å²) in [5.41, 5.74) is 3.82. The van der Waals surface area contributed by atoms with Gasteiger partial charge in [-0.25, -0.2) is 5.43 Å². The summed E-state index contributed by atoms with van der Waals surface area (Å²) in [5, 5.41) is 13.4. The number of hydrazone groups is 1. The highest BCUT2D eigenvalue weighted by Gasteiger charge is 2.27. The lowest BCUT2D eigenvalue weighted by Crippen LogP contribution is -2.42. The number of nitrogens with one attached hydrogen (secondary N) is 1. The van der Waals surface area contributed by atoms with Crippen LogP contribution in [0.1, 0.15) is 28.8 Å². The van der Waals surface area contributed by atoms with Crippen LogP contribution in [0.25, 0.3) is 0 Å². The molecule has 0 spiro atoms. The van der Waals surface area contributed by atoms with Crippen LogP contribution in [0.15, 0.2) is 53.6 Å². The van der Waals surface area contributed by atoms with E-state index in [-0.39, 0.29) is 23.5 Å². The fourth-order valence-electron chi connectivity index (χ4n) is 3.15. The normalized spacial score (nSPS) is 14.8. The third-order valence-corrected chi connectivity index (χ3v) is 4.73. The summed E-state index contributed by atoms with van der Waals surface area (Å²) in [4.78, 5) is 26.7. The summed E-state index contributed by atoms with van der Waals surface area (Å²) in [6.07, 6.45) is 2.66. The molecule has 0 aromatic heterocycles. The standard InChI is InChI=1S/C21H23N3O4/c1-28-19-7-3-5-17(13-19)21(27)24-10-8-16(9-11-24)20(26)23-22-14-15-4-2-6-18(25)12-15/h2-7,12-14,16,25H,8-11H2,1H3,(H,23,26)/b22-14-. The maximum Gasteiger partial charge on any atom is 0.253 e. The highest BCUT2D eigenvalue weighted by atomic mass is 16.5. The van der Waals surface area contributed by atoms with Crippen molar-refractivity contribution < 1.29 is 19.4 Å². The van der Waals surface area contributed by atoms with E-state index in [1.807, 2.05) is 0 Å². The Bertz CT molecular complexity index is 873. The first-order chi connectivity index (χ1) is 13.6. The van der Waals surface area contributed by atoms with Crippen LogP contribution >= 0.6 is 0 Å². The van der Waals surface area contributed by atoms with Gasteiger partial charge in [-0.05, 0) is 48.7 Å². The number of nitrogens with zero attached hydrogens (tertiary/aromatic N) is 2. The topological polar surface area (TPSA) is 91.2 Å². The van der Waals surface area contributed by atoms with Gasteiger partial charge in [-0.3, -0.25) is 9.59 Å². The summed E-state index contributed by atoms with van der Waals surface area (Å²) in [6, 6.07) is 13.7. The Morgan fingerprint density at radius 1 is 1.18 bits per heavy atom. The molecule has 7 nitrogen and oxygen atoms in total. The van der Waals surface area contributed by atoms with Crippen LogP contribution in [0.4, 0.5) is 0 Å². The minimum atomic E-state index is -0.185. The number of hydrogen-bond donors (Lipinski definition) is 2. The minimum Gasteiger partial charge on any atom is -0.508 e. The second-order valence-electron chi connectivity index (χ2n) is 6.63. The molecule has 0 aliphatic carbocycles. The highest BCUT2D eigenvalue weighted by molar-refractivity contribution is 5.94. The van der Waals surface area contributed by atoms with Crippen LogP contribution in [-0.2, 0) is 4.79 Å². The first kappa shape index (κ1) is 19.4. The Kier molecular flexibility index (Phi) is 6.26. The highest BCUT2D eigenvalue weighted by Crippen LogP contribution is 2.21. The van der Waals surface area contributed by atoms with E-state index in [0.29, 0.717) is 42.8 Å². The van der Waals surface area contributed by atoms with Crippen LogP contribution in [0.3, 0.4) is 0 Å². The molecule has 2 N–H and O–H groups in total. The van der Waals surface area contributed by atoms with Crippen LogP contribution in [0.2, 0.25) is 0 Å². The van der Waals surface area contributed by atoms with Crippen molar-refractivity contribution in [3.63, 3.8) is 0 Å². The molecule has 7 heteroatoms. The predicted octanol–water partition coefficient (Wildman–Crippen LogP) is 2.40. The first-order valence-electron chi connectivity index (χ1n) is 9.12. The number of hydrogen-bond acceptors (Lipinski definition) is 5. The van der Waals surface area contributed by atoms with Crippen LogP contribution in [-0.4, -0.2) is 48.2 Å². The predicted molar refractivity (Wildman–Crippen MR) is 105 cm³/mol. The van der Waals surface area contributed by atoms with E-state index in [0.717, 1.165) is 0 Å². The van der Waals surface area contributed by atoms with E-state index in [2.05, 4.69) is 10.5 Å². The maximum absolute atomic E-state index is 12.6. The molecule has 1 saturated heterocycles. The van der Waals surface area contributed by atoms with Gasteiger partial charge < -0.3 is 14.7 Å². The van der Waals surface area contributed by atoms with Crippen LogP contribution < -0.4 is 10.2 Å². The molecule has 0 unspecified atom stereocenters. The molecule has 0 bridgehead atoms. The van der Waals surface area contributed by atoms with Gasteiger partial charge in [-0.15, -0.1) is 0 Å². The Morgan fingerprint density at radius 3 is 2.64 bits per heavy atom. The van der Waals surface area contributed by atoms with E-state index in [4.69, 9.17) is 4.74 Å². The molecular formula is C21H23N3O4. The second-order valence-corrected chi connectivity index (χ2v) is 6.63. The number of carbonyl (C=O) groups is 2. The van der Waals surface area contributed by atoms with Gasteiger partial charge >= 0.3 is 0 Å². The van der Waals surface area contributed by atoms with E-state index < -0.39 is 0 Å². The lowest BCUT2D eigenvalue weighted by Gasteiger charge is -2.31. The fraction of sp³-hybridized carbons (Fsp3) is 0.286. The monoisotopic (exact) mass is 381 g/mol. The molecule has 0 saturated carbocycles. The molecule has 0 radical (unpaired) electrons. The molecular weight excluding hydrogens is 358 g/mol. The van der Waals surface area contributed by atoms with Gasteiger partial charge in [0, 0.05) is 24.6 Å². The summed E-state index contributed by atoms with van der Waals surface area (Å²) < 4.78 is 5.17. The third kappa shape index (κ3) is 4.88. The number of methoxy groups -OCH3 is 1. The molecule has 1 heterocycles. The lowest BCUT2D eigenvalue weighted by molar-refractivity contribution is -0.126. The summed E-state index contributed by atoms with van der Waals surface area (Å²) >= 11 is 0. The molecule has 2 amide bonds. The average molecular weight is 381 g/mol. The number of likely N-dealkylation sites (tertiary alicyclic amines) is 1. The van der Waals surface area contributed by atoms with Crippen molar-refractivity contribution in [2.75, 3.05) is 20.2 Å². The molecule has 28 heavy (non-hydrogen) atoms. The number of ether oxygens (including phenoxy) is 1. The Morgan fingerprint density at radius 2 is 1.93 bits per heavy atom. The van der Waals surface area contributed by atoms with Crippen molar-refractivity contribution >= 4 is 18.0 Å². The van der Waals surface area contributed by atoms with Crippen LogP contribution in [0, 0.1) is 5.92 Å². The van der Waals surface area contributed by atoms with E-state index in [1.54, 1.807) is 60.5 Å². The number of benzene rings is 2. The summed E-state index contributed by atoms with van der Waals surface area (Å²) in [5.74, 6) is 0.383. The van der Waals surface area contributed by atoms with Gasteiger partial charge in [-0.2, -0.15) is 5.10 Å². The van der Waals surface area contributed by atoms with E-state index in [1.165, 1.54) is 6.21 Å². The number of phenolic OH excluding ortho intramolecular Hbond substituents is 1. The molecule has 3 rings (SSSR count). The number of amides is 2. The SMILES string of the molecule is COc1cccc(C(=O)N2CCC(C(=O)N/N=C\c3cccc(O)c3)CC2)c1. The first-order valence-corrected chi connectivity index (χ1v) is 9.12. The van der Waals surface area contributed by atoms with Gasteiger partial charge in [0.2, 0.25) is 5.91 Å². The molecule has 1 aliphatic heterocycles. The van der Waals surface area contributed by atoms with Gasteiger partial charge in [0.15, 0.2) is 0 Å². The molecule has 0 atom stereocenters. The molecule has 2 aromatic rings. The number of piperidine rings is 1. The number of aromatic hydroxyl groups is 1. The maximum atomic E-state index is 12.6. The zero-order chi connectivity index (χ0) is 19.9. The minimum absolute atomic E-state index is 0.0559. The average Bonchev–Trinajstić information content (AvgIpc) is 2.73. The van der Waals surface area contributed by atoms with Crippen LogP contribution in [0.5, 0.6) is 11.5 Å². The van der Waals surface area contributed by atoms with Gasteiger partial charge in [-0.1, -0.05) is 18.2 Å². The van der Waals surface area contributed by atoms with Gasteiger partial charge in [0.05, 0.1) is 13.3 Å². The molecule has 146 valence electrons. The smallest absolute Gasteiger partial charge is 0.253 e. The van der Waals surface area contributed by atoms with Crippen molar-refractivity contribution in [2.45, 2.75) is 12.8 Å². The molecule has 1 fully saturated rings. The van der Waals surface area contributed by atoms with Crippen molar-refractivity contribution in [3.05, 3.63) is 59.7 Å². The zero-order valence-electron chi connectivity index (χ0n) is 15.7. The lowest BCUT2D eigenvalue weighted by atomic mass is 9.95. The Hall–Kier alpha value is -3.35. The fourth-order valence-corrected chi connectivity index (χ4v) is 3.15. The number of carbonyl (C=O) groups excluding carboxylic acids is 2. The van der Waals surface area contributed by atoms with Crippen molar-refractivity contribution in [3.8, 4) is 11.5 Å². The van der Waals surface area contributed by atoms with E-state index >= 15 is 0 Å². The summed E-state index contributed by atoms with van der Waals surface area (Å²) in [6.45, 7) is 1.04. The number of phenols is 1. The van der Waals surface area contributed by atoms with Crippen molar-refractivity contribution in [1.82, 2.24) is 10.3 Å². The third-order valence-electron chi connectivity index (χ3n) is 4.73. The van der Waals surface area contributed by atoms with Gasteiger partial charge in [0.1, 0.15) is 11.5 Å². The van der Waals surface area contributed by atoms with E-state index in [9.17, 15) is 14.7 Å². The largest absolute Gasteiger partial charge is 0.508 e. The Labute approximate surface area is 163 Å². The summed E-state index contributed by atoms with van der Waals surface area (Å²) in [7, 11) is 1.57. The molecule has 2 aromatic carbocycles. The zero-order valence-corrected chi connectivity index (χ0v) is 15.7. The second kappa shape index (κ2) is 9.03.